The molecule has 11 heavy (non-hydrogen) atoms. The average Bonchev–Trinajstić information content (AvgIpc) is 2.06. The number of methoxy groups -OCH3 is 1. The summed E-state index contributed by atoms with van der Waals surface area (Å²) >= 11 is 0. The van der Waals surface area contributed by atoms with Crippen LogP contribution in [0, 0.1) is 5.41 Å². The van der Waals surface area contributed by atoms with Crippen LogP contribution in [0.25, 0.3) is 0 Å². The van der Waals surface area contributed by atoms with Crippen molar-refractivity contribution < 1.29 is 9.53 Å². The van der Waals surface area contributed by atoms with Crippen molar-refractivity contribution in [2.45, 2.75) is 41.0 Å². The molecule has 0 rings (SSSR count). The zero-order chi connectivity index (χ0) is 9.49. The van der Waals surface area contributed by atoms with Crippen molar-refractivity contribution in [1.29, 1.82) is 0 Å². The van der Waals surface area contributed by atoms with Gasteiger partial charge >= 0.3 is 5.97 Å². The van der Waals surface area contributed by atoms with E-state index in [4.69, 9.17) is 0 Å². The summed E-state index contributed by atoms with van der Waals surface area (Å²) in [5, 5.41) is 0. The molecule has 0 aliphatic heterocycles. The lowest BCUT2D eigenvalue weighted by molar-refractivity contribution is -0.150. The minimum absolute atomic E-state index is 0.134. The van der Waals surface area contributed by atoms with Crippen LogP contribution in [-0.2, 0) is 9.53 Å². The molecule has 2 nitrogen and oxygen atoms in total. The number of esters is 1. The van der Waals surface area contributed by atoms with E-state index < -0.39 is 0 Å². The van der Waals surface area contributed by atoms with Crippen molar-refractivity contribution in [2.75, 3.05) is 7.11 Å². The van der Waals surface area contributed by atoms with E-state index in [9.17, 15) is 4.79 Å². The van der Waals surface area contributed by atoms with Gasteiger partial charge in [-0.15, -0.1) is 0 Å². The van der Waals surface area contributed by atoms with Crippen molar-refractivity contribution in [3.63, 3.8) is 0 Å². The summed E-state index contributed by atoms with van der Waals surface area (Å²) in [5.41, 5.74) is -0.311. The summed E-state index contributed by atoms with van der Waals surface area (Å²) in [5.74, 6) is -0.134. The van der Waals surface area contributed by atoms with Gasteiger partial charge in [0.15, 0.2) is 0 Å². The first-order valence-corrected chi connectivity index (χ1v) is 4.13. The van der Waals surface area contributed by atoms with Crippen molar-refractivity contribution in [3.8, 4) is 0 Å². The van der Waals surface area contributed by atoms with Crippen molar-refractivity contribution >= 4 is 5.97 Å². The van der Waals surface area contributed by atoms with Crippen LogP contribution < -0.4 is 0 Å². The molecule has 68 valence electrons. The normalized spacial score (nSPS) is 9.64. The topological polar surface area (TPSA) is 26.3 Å². The van der Waals surface area contributed by atoms with Crippen LogP contribution >= 0.6 is 0 Å². The number of carbonyl (C=O) groups is 1. The van der Waals surface area contributed by atoms with Gasteiger partial charge in [-0.05, 0) is 20.3 Å². The smallest absolute Gasteiger partial charge is 0.311 e. The number of carbonyl (C=O) groups excluding carboxylic acids is 1. The third kappa shape index (κ3) is 4.82. The minimum Gasteiger partial charge on any atom is -0.469 e. The Balaban J connectivity index is 0. The lowest BCUT2D eigenvalue weighted by atomic mass is 9.91. The fourth-order valence-electron chi connectivity index (χ4n) is 0.421. The van der Waals surface area contributed by atoms with Crippen LogP contribution in [0.5, 0.6) is 0 Å². The number of ether oxygens (including phenoxy) is 1. The van der Waals surface area contributed by atoms with Gasteiger partial charge in [0.1, 0.15) is 0 Å². The molecule has 0 saturated carbocycles. The third-order valence-electron chi connectivity index (χ3n) is 1.62. The Morgan fingerprint density at radius 1 is 1.36 bits per heavy atom. The Kier molecular flexibility index (Phi) is 7.37. The van der Waals surface area contributed by atoms with Gasteiger partial charge < -0.3 is 4.74 Å². The highest BCUT2D eigenvalue weighted by Crippen LogP contribution is 2.20. The van der Waals surface area contributed by atoms with E-state index in [0.29, 0.717) is 0 Å². The van der Waals surface area contributed by atoms with Crippen LogP contribution in [0.15, 0.2) is 0 Å². The van der Waals surface area contributed by atoms with Gasteiger partial charge in [0.25, 0.3) is 0 Å². The summed E-state index contributed by atoms with van der Waals surface area (Å²) in [7, 11) is 1.42. The van der Waals surface area contributed by atoms with E-state index in [2.05, 4.69) is 4.74 Å². The monoisotopic (exact) mass is 160 g/mol. The fourth-order valence-corrected chi connectivity index (χ4v) is 0.421. The molecular formula is C9H20O2. The standard InChI is InChI=1S/C7H14O2.C2H6/c1-5-7(2,3)6(8)9-4;1-2/h5H2,1-4H3;1-2H3. The van der Waals surface area contributed by atoms with E-state index in [1.165, 1.54) is 7.11 Å². The molecule has 0 fully saturated rings. The predicted octanol–water partition coefficient (Wildman–Crippen LogP) is 2.62. The van der Waals surface area contributed by atoms with E-state index in [1.807, 2.05) is 34.6 Å². The van der Waals surface area contributed by atoms with Crippen LogP contribution in [-0.4, -0.2) is 13.1 Å². The third-order valence-corrected chi connectivity index (χ3v) is 1.62. The zero-order valence-corrected chi connectivity index (χ0v) is 8.52. The summed E-state index contributed by atoms with van der Waals surface area (Å²) < 4.78 is 4.57. The molecule has 0 N–H and O–H groups in total. The Bertz CT molecular complexity index is 106. The lowest BCUT2D eigenvalue weighted by Gasteiger charge is -2.17. The second-order valence-electron chi connectivity index (χ2n) is 2.73. The van der Waals surface area contributed by atoms with Gasteiger partial charge in [-0.2, -0.15) is 0 Å². The molecule has 0 aliphatic rings. The quantitative estimate of drug-likeness (QED) is 0.580. The molecule has 0 bridgehead atoms. The van der Waals surface area contributed by atoms with Gasteiger partial charge in [0.05, 0.1) is 12.5 Å². The maximum atomic E-state index is 10.8. The number of hydrogen-bond acceptors (Lipinski definition) is 2. The maximum absolute atomic E-state index is 10.8. The molecule has 0 radical (unpaired) electrons. The van der Waals surface area contributed by atoms with Gasteiger partial charge in [-0.1, -0.05) is 20.8 Å². The molecule has 0 aromatic rings. The molecular weight excluding hydrogens is 140 g/mol. The molecule has 0 saturated heterocycles. The predicted molar refractivity (Wildman–Crippen MR) is 47.4 cm³/mol. The summed E-state index contributed by atoms with van der Waals surface area (Å²) in [6, 6.07) is 0. The highest BCUT2D eigenvalue weighted by molar-refractivity contribution is 5.75. The van der Waals surface area contributed by atoms with Crippen molar-refractivity contribution in [3.05, 3.63) is 0 Å². The van der Waals surface area contributed by atoms with E-state index in [1.54, 1.807) is 0 Å². The second-order valence-corrected chi connectivity index (χ2v) is 2.73. The first kappa shape index (κ1) is 13.1. The maximum Gasteiger partial charge on any atom is 0.311 e. The SMILES string of the molecule is CC.CCC(C)(C)C(=O)OC. The second kappa shape index (κ2) is 6.20. The first-order valence-electron chi connectivity index (χ1n) is 4.13. The van der Waals surface area contributed by atoms with E-state index in [0.717, 1.165) is 6.42 Å². The number of hydrogen-bond donors (Lipinski definition) is 0. The van der Waals surface area contributed by atoms with Gasteiger partial charge in [0, 0.05) is 0 Å². The molecule has 0 unspecified atom stereocenters. The Hall–Kier alpha value is -0.530. The Labute approximate surface area is 69.9 Å². The molecule has 0 aliphatic carbocycles. The van der Waals surface area contributed by atoms with E-state index in [-0.39, 0.29) is 11.4 Å². The van der Waals surface area contributed by atoms with Crippen LogP contribution in [0.4, 0.5) is 0 Å². The summed E-state index contributed by atoms with van der Waals surface area (Å²) in [4.78, 5) is 10.8. The van der Waals surface area contributed by atoms with E-state index >= 15 is 0 Å². The molecule has 2 heteroatoms. The Morgan fingerprint density at radius 2 is 1.73 bits per heavy atom. The van der Waals surface area contributed by atoms with Gasteiger partial charge in [0.2, 0.25) is 0 Å². The van der Waals surface area contributed by atoms with Crippen molar-refractivity contribution in [2.24, 2.45) is 5.41 Å². The molecule has 0 aromatic carbocycles. The molecule has 0 spiro atoms. The molecule has 0 aromatic heterocycles. The highest BCUT2D eigenvalue weighted by Gasteiger charge is 2.25. The summed E-state index contributed by atoms with van der Waals surface area (Å²) in [6.45, 7) is 9.72. The Morgan fingerprint density at radius 3 is 1.82 bits per heavy atom. The molecule has 0 heterocycles. The van der Waals surface area contributed by atoms with Gasteiger partial charge in [-0.25, -0.2) is 0 Å². The lowest BCUT2D eigenvalue weighted by Crippen LogP contribution is -2.24. The zero-order valence-electron chi connectivity index (χ0n) is 8.52. The van der Waals surface area contributed by atoms with Crippen LogP contribution in [0.3, 0.4) is 0 Å². The molecule has 0 atom stereocenters. The first-order chi connectivity index (χ1) is 5.04. The van der Waals surface area contributed by atoms with Gasteiger partial charge in [-0.3, -0.25) is 4.79 Å². The largest absolute Gasteiger partial charge is 0.469 e. The van der Waals surface area contributed by atoms with Crippen LogP contribution in [0.1, 0.15) is 41.0 Å². The minimum atomic E-state index is -0.311. The summed E-state index contributed by atoms with van der Waals surface area (Å²) in [6.07, 6.45) is 0.819. The molecule has 0 amide bonds. The number of rotatable bonds is 2. The highest BCUT2D eigenvalue weighted by atomic mass is 16.5. The van der Waals surface area contributed by atoms with Crippen molar-refractivity contribution in [1.82, 2.24) is 0 Å². The van der Waals surface area contributed by atoms with Crippen LogP contribution in [0.2, 0.25) is 0 Å². The average molecular weight is 160 g/mol. The fraction of sp³-hybridized carbons (Fsp3) is 0.889.